The summed E-state index contributed by atoms with van der Waals surface area (Å²) in [5, 5.41) is 9.81. The van der Waals surface area contributed by atoms with Crippen LogP contribution in [0, 0.1) is 0 Å². The zero-order chi connectivity index (χ0) is 10.1. The molecule has 0 fully saturated rings. The van der Waals surface area contributed by atoms with Gasteiger partial charge in [-0.15, -0.1) is 0 Å². The highest BCUT2D eigenvalue weighted by Gasteiger charge is 2.32. The van der Waals surface area contributed by atoms with Gasteiger partial charge in [-0.2, -0.15) is 0 Å². The van der Waals surface area contributed by atoms with Crippen LogP contribution in [0.25, 0.3) is 0 Å². The van der Waals surface area contributed by atoms with Gasteiger partial charge in [-0.25, -0.2) is 0 Å². The van der Waals surface area contributed by atoms with Crippen LogP contribution in [0.3, 0.4) is 0 Å². The van der Waals surface area contributed by atoms with Crippen LogP contribution in [0.2, 0.25) is 0 Å². The smallest absolute Gasteiger partial charge is 0.303 e. The first-order valence-electron chi connectivity index (χ1n) is 4.61. The van der Waals surface area contributed by atoms with E-state index in [1.54, 1.807) is 0 Å². The molecule has 1 N–H and O–H groups in total. The van der Waals surface area contributed by atoms with Gasteiger partial charge in [-0.3, -0.25) is 4.79 Å². The molecule has 2 atom stereocenters. The molecule has 0 unspecified atom stereocenters. The minimum atomic E-state index is -0.671. The molecule has 1 aliphatic carbocycles. The molecule has 3 heteroatoms. The Morgan fingerprint density at radius 1 is 1.50 bits per heavy atom. The van der Waals surface area contributed by atoms with Crippen LogP contribution in [0.15, 0.2) is 24.3 Å². The Morgan fingerprint density at radius 3 is 2.86 bits per heavy atom. The zero-order valence-corrected chi connectivity index (χ0v) is 7.93. The van der Waals surface area contributed by atoms with E-state index in [1.807, 2.05) is 24.3 Å². The maximum Gasteiger partial charge on any atom is 0.303 e. The summed E-state index contributed by atoms with van der Waals surface area (Å²) in [4.78, 5) is 10.8. The Morgan fingerprint density at radius 2 is 2.21 bits per heavy atom. The maximum atomic E-state index is 10.8. The SMILES string of the molecule is CC(=O)O[C@H]1Cc2ccccc2[C@H]1O. The van der Waals surface area contributed by atoms with Crippen LogP contribution < -0.4 is 0 Å². The van der Waals surface area contributed by atoms with Crippen molar-refractivity contribution in [1.29, 1.82) is 0 Å². The summed E-state index contributed by atoms with van der Waals surface area (Å²) < 4.78 is 5.02. The van der Waals surface area contributed by atoms with Crippen molar-refractivity contribution in [2.24, 2.45) is 0 Å². The quantitative estimate of drug-likeness (QED) is 0.680. The first-order chi connectivity index (χ1) is 6.68. The van der Waals surface area contributed by atoms with Crippen LogP contribution in [0.5, 0.6) is 0 Å². The molecule has 0 saturated heterocycles. The van der Waals surface area contributed by atoms with Crippen LogP contribution in [0.1, 0.15) is 24.2 Å². The van der Waals surface area contributed by atoms with Crippen molar-refractivity contribution in [3.63, 3.8) is 0 Å². The number of esters is 1. The molecule has 14 heavy (non-hydrogen) atoms. The van der Waals surface area contributed by atoms with Gasteiger partial charge >= 0.3 is 5.97 Å². The number of ether oxygens (including phenoxy) is 1. The second kappa shape index (κ2) is 3.42. The van der Waals surface area contributed by atoms with Crippen LogP contribution in [-0.4, -0.2) is 17.2 Å². The highest BCUT2D eigenvalue weighted by molar-refractivity contribution is 5.66. The Balaban J connectivity index is 2.21. The Kier molecular flexibility index (Phi) is 2.25. The molecule has 1 aromatic rings. The fourth-order valence-corrected chi connectivity index (χ4v) is 1.86. The summed E-state index contributed by atoms with van der Waals surface area (Å²) in [6.45, 7) is 1.36. The monoisotopic (exact) mass is 192 g/mol. The number of fused-ring (bicyclic) bond motifs is 1. The van der Waals surface area contributed by atoms with E-state index < -0.39 is 12.2 Å². The van der Waals surface area contributed by atoms with E-state index in [4.69, 9.17) is 4.74 Å². The fourth-order valence-electron chi connectivity index (χ4n) is 1.86. The van der Waals surface area contributed by atoms with E-state index in [1.165, 1.54) is 6.92 Å². The van der Waals surface area contributed by atoms with Crippen LogP contribution in [0.4, 0.5) is 0 Å². The normalized spacial score (nSPS) is 24.4. The van der Waals surface area contributed by atoms with E-state index in [0.717, 1.165) is 11.1 Å². The lowest BCUT2D eigenvalue weighted by Gasteiger charge is -2.14. The van der Waals surface area contributed by atoms with Gasteiger partial charge in [0.05, 0.1) is 0 Å². The molecule has 1 aromatic carbocycles. The summed E-state index contributed by atoms with van der Waals surface area (Å²) in [5.41, 5.74) is 1.94. The lowest BCUT2D eigenvalue weighted by Crippen LogP contribution is -2.20. The molecule has 0 radical (unpaired) electrons. The highest BCUT2D eigenvalue weighted by Crippen LogP contribution is 2.32. The van der Waals surface area contributed by atoms with E-state index in [2.05, 4.69) is 0 Å². The van der Waals surface area contributed by atoms with Crippen molar-refractivity contribution in [3.8, 4) is 0 Å². The van der Waals surface area contributed by atoms with Crippen molar-refractivity contribution in [1.82, 2.24) is 0 Å². The standard InChI is InChI=1S/C11H12O3/c1-7(12)14-10-6-8-4-2-3-5-9(8)11(10)13/h2-5,10-11,13H,6H2,1H3/t10-,11+/m0/s1. The summed E-state index contributed by atoms with van der Waals surface area (Å²) in [5.74, 6) is -0.346. The van der Waals surface area contributed by atoms with Crippen LogP contribution >= 0.6 is 0 Å². The van der Waals surface area contributed by atoms with Gasteiger partial charge in [-0.1, -0.05) is 24.3 Å². The van der Waals surface area contributed by atoms with Crippen molar-refractivity contribution in [2.45, 2.75) is 25.6 Å². The Bertz CT molecular complexity index is 359. The minimum absolute atomic E-state index is 0.346. The molecule has 2 rings (SSSR count). The van der Waals surface area contributed by atoms with Gasteiger partial charge in [0.15, 0.2) is 0 Å². The number of aliphatic hydroxyl groups excluding tert-OH is 1. The Hall–Kier alpha value is -1.35. The van der Waals surface area contributed by atoms with Crippen molar-refractivity contribution < 1.29 is 14.6 Å². The van der Waals surface area contributed by atoms with E-state index >= 15 is 0 Å². The molecule has 0 heterocycles. The van der Waals surface area contributed by atoms with Crippen molar-refractivity contribution >= 4 is 5.97 Å². The van der Waals surface area contributed by atoms with Gasteiger partial charge in [-0.05, 0) is 11.1 Å². The fraction of sp³-hybridized carbons (Fsp3) is 0.364. The summed E-state index contributed by atoms with van der Waals surface area (Å²) in [7, 11) is 0. The molecule has 0 aliphatic heterocycles. The zero-order valence-electron chi connectivity index (χ0n) is 7.93. The van der Waals surface area contributed by atoms with Crippen molar-refractivity contribution in [2.75, 3.05) is 0 Å². The molecule has 0 amide bonds. The number of hydrogen-bond donors (Lipinski definition) is 1. The van der Waals surface area contributed by atoms with Gasteiger partial charge in [0, 0.05) is 13.3 Å². The van der Waals surface area contributed by atoms with Gasteiger partial charge in [0.2, 0.25) is 0 Å². The predicted octanol–water partition coefficient (Wildman–Crippen LogP) is 1.21. The largest absolute Gasteiger partial charge is 0.459 e. The molecule has 74 valence electrons. The lowest BCUT2D eigenvalue weighted by molar-refractivity contribution is -0.151. The van der Waals surface area contributed by atoms with Gasteiger partial charge in [0.1, 0.15) is 12.2 Å². The molecular weight excluding hydrogens is 180 g/mol. The molecule has 1 aliphatic rings. The summed E-state index contributed by atoms with van der Waals surface area (Å²) >= 11 is 0. The number of carbonyl (C=O) groups is 1. The molecule has 0 bridgehead atoms. The number of hydrogen-bond acceptors (Lipinski definition) is 3. The van der Waals surface area contributed by atoms with Gasteiger partial charge < -0.3 is 9.84 Å². The molecule has 3 nitrogen and oxygen atoms in total. The third-order valence-electron chi connectivity index (χ3n) is 2.46. The number of aliphatic hydroxyl groups is 1. The Labute approximate surface area is 82.3 Å². The molecule has 0 aromatic heterocycles. The number of carbonyl (C=O) groups excluding carboxylic acids is 1. The van der Waals surface area contributed by atoms with Crippen LogP contribution in [-0.2, 0) is 16.0 Å². The minimum Gasteiger partial charge on any atom is -0.459 e. The second-order valence-corrected chi connectivity index (χ2v) is 3.50. The van der Waals surface area contributed by atoms with E-state index in [-0.39, 0.29) is 5.97 Å². The average molecular weight is 192 g/mol. The first-order valence-corrected chi connectivity index (χ1v) is 4.61. The molecule has 0 spiro atoms. The third-order valence-corrected chi connectivity index (χ3v) is 2.46. The predicted molar refractivity (Wildman–Crippen MR) is 50.7 cm³/mol. The third kappa shape index (κ3) is 1.51. The maximum absolute atomic E-state index is 10.8. The van der Waals surface area contributed by atoms with Crippen molar-refractivity contribution in [3.05, 3.63) is 35.4 Å². The summed E-state index contributed by atoms with van der Waals surface area (Å²) in [6, 6.07) is 7.60. The molecule has 0 saturated carbocycles. The van der Waals surface area contributed by atoms with E-state index in [9.17, 15) is 9.90 Å². The average Bonchev–Trinajstić information content (AvgIpc) is 2.44. The summed E-state index contributed by atoms with van der Waals surface area (Å²) in [6.07, 6.45) is -0.475. The molecular formula is C11H12O3. The number of rotatable bonds is 1. The second-order valence-electron chi connectivity index (χ2n) is 3.50. The lowest BCUT2D eigenvalue weighted by atomic mass is 10.1. The number of benzene rings is 1. The highest BCUT2D eigenvalue weighted by atomic mass is 16.6. The first kappa shape index (κ1) is 9.21. The van der Waals surface area contributed by atoms with E-state index in [0.29, 0.717) is 6.42 Å². The topological polar surface area (TPSA) is 46.5 Å². The van der Waals surface area contributed by atoms with Gasteiger partial charge in [0.25, 0.3) is 0 Å².